The first-order valence-corrected chi connectivity index (χ1v) is 8.33. The third kappa shape index (κ3) is 2.99. The molecule has 1 atom stereocenters. The van der Waals surface area contributed by atoms with Gasteiger partial charge in [0.05, 0.1) is 6.20 Å². The maximum absolute atomic E-state index is 12.5. The minimum atomic E-state index is -3.51. The van der Waals surface area contributed by atoms with Crippen molar-refractivity contribution in [3.8, 4) is 0 Å². The SMILES string of the molecule is CC(NS(=O)(=O)N1CCc2ccccc2C1)c1cn[nH]c1. The first-order chi connectivity index (χ1) is 10.1. The molecule has 0 fully saturated rings. The zero-order valence-electron chi connectivity index (χ0n) is 11.8. The van der Waals surface area contributed by atoms with E-state index < -0.39 is 10.2 Å². The first kappa shape index (κ1) is 14.2. The lowest BCUT2D eigenvalue weighted by atomic mass is 10.0. The van der Waals surface area contributed by atoms with Gasteiger partial charge in [0.15, 0.2) is 0 Å². The molecule has 21 heavy (non-hydrogen) atoms. The van der Waals surface area contributed by atoms with E-state index in [-0.39, 0.29) is 6.04 Å². The van der Waals surface area contributed by atoms with Crippen molar-refractivity contribution in [3.05, 3.63) is 53.3 Å². The van der Waals surface area contributed by atoms with Crippen LogP contribution in [0.3, 0.4) is 0 Å². The van der Waals surface area contributed by atoms with Crippen molar-refractivity contribution in [2.75, 3.05) is 6.54 Å². The number of nitrogens with zero attached hydrogens (tertiary/aromatic N) is 2. The standard InChI is InChI=1S/C14H18N4O2S/c1-11(14-8-15-16-9-14)17-21(19,20)18-7-6-12-4-2-3-5-13(12)10-18/h2-5,8-9,11,17H,6-7,10H2,1H3,(H,15,16). The zero-order valence-corrected chi connectivity index (χ0v) is 12.6. The number of rotatable bonds is 4. The molecule has 1 unspecified atom stereocenters. The number of H-pyrrole nitrogens is 1. The Hall–Kier alpha value is -1.70. The Morgan fingerprint density at radius 1 is 1.33 bits per heavy atom. The molecule has 1 aromatic carbocycles. The molecule has 2 N–H and O–H groups in total. The molecule has 0 radical (unpaired) electrons. The Bertz CT molecular complexity index is 712. The largest absolute Gasteiger partial charge is 0.285 e. The van der Waals surface area contributed by atoms with Crippen molar-refractivity contribution in [2.24, 2.45) is 0 Å². The highest BCUT2D eigenvalue weighted by Gasteiger charge is 2.28. The molecule has 1 aliphatic rings. The first-order valence-electron chi connectivity index (χ1n) is 6.89. The number of aromatic nitrogens is 2. The van der Waals surface area contributed by atoms with Crippen LogP contribution in [0.15, 0.2) is 36.7 Å². The topological polar surface area (TPSA) is 78.1 Å². The van der Waals surface area contributed by atoms with Gasteiger partial charge in [0.25, 0.3) is 10.2 Å². The Morgan fingerprint density at radius 3 is 2.81 bits per heavy atom. The van der Waals surface area contributed by atoms with E-state index in [4.69, 9.17) is 0 Å². The number of aromatic amines is 1. The van der Waals surface area contributed by atoms with Crippen molar-refractivity contribution in [3.63, 3.8) is 0 Å². The van der Waals surface area contributed by atoms with Gasteiger partial charge < -0.3 is 0 Å². The number of fused-ring (bicyclic) bond motifs is 1. The van der Waals surface area contributed by atoms with Crippen LogP contribution in [0.4, 0.5) is 0 Å². The fourth-order valence-electron chi connectivity index (χ4n) is 2.54. The van der Waals surface area contributed by atoms with Crippen LogP contribution in [0.5, 0.6) is 0 Å². The monoisotopic (exact) mass is 306 g/mol. The Labute approximate surface area is 124 Å². The molecule has 1 aromatic heterocycles. The summed E-state index contributed by atoms with van der Waals surface area (Å²) in [7, 11) is -3.51. The molecule has 0 saturated heterocycles. The molecule has 2 heterocycles. The van der Waals surface area contributed by atoms with Gasteiger partial charge in [-0.3, -0.25) is 5.10 Å². The molecule has 0 saturated carbocycles. The predicted molar refractivity (Wildman–Crippen MR) is 79.6 cm³/mol. The lowest BCUT2D eigenvalue weighted by Gasteiger charge is -2.29. The van der Waals surface area contributed by atoms with Crippen LogP contribution in [-0.4, -0.2) is 29.5 Å². The van der Waals surface area contributed by atoms with Gasteiger partial charge >= 0.3 is 0 Å². The second kappa shape index (κ2) is 5.59. The van der Waals surface area contributed by atoms with E-state index in [1.54, 1.807) is 19.3 Å². The smallest absolute Gasteiger partial charge is 0.280 e. The maximum Gasteiger partial charge on any atom is 0.280 e. The fourth-order valence-corrected chi connectivity index (χ4v) is 3.91. The summed E-state index contributed by atoms with van der Waals surface area (Å²) in [5.74, 6) is 0. The summed E-state index contributed by atoms with van der Waals surface area (Å²) in [6, 6.07) is 7.65. The van der Waals surface area contributed by atoms with Gasteiger partial charge in [0, 0.05) is 30.9 Å². The highest BCUT2D eigenvalue weighted by atomic mass is 32.2. The Balaban J connectivity index is 1.74. The van der Waals surface area contributed by atoms with Crippen LogP contribution in [0.1, 0.15) is 29.7 Å². The van der Waals surface area contributed by atoms with Gasteiger partial charge in [-0.1, -0.05) is 24.3 Å². The fraction of sp³-hybridized carbons (Fsp3) is 0.357. The highest BCUT2D eigenvalue weighted by molar-refractivity contribution is 7.87. The lowest BCUT2D eigenvalue weighted by Crippen LogP contribution is -2.44. The van der Waals surface area contributed by atoms with Crippen molar-refractivity contribution in [2.45, 2.75) is 25.9 Å². The second-order valence-electron chi connectivity index (χ2n) is 5.23. The molecular weight excluding hydrogens is 288 g/mol. The van der Waals surface area contributed by atoms with E-state index in [1.165, 1.54) is 9.87 Å². The van der Waals surface area contributed by atoms with Crippen LogP contribution in [0.25, 0.3) is 0 Å². The van der Waals surface area contributed by atoms with Gasteiger partial charge in [-0.25, -0.2) is 0 Å². The lowest BCUT2D eigenvalue weighted by molar-refractivity contribution is 0.380. The summed E-state index contributed by atoms with van der Waals surface area (Å²) in [6.45, 7) is 2.73. The van der Waals surface area contributed by atoms with Gasteiger partial charge in [-0.05, 0) is 24.5 Å². The minimum absolute atomic E-state index is 0.314. The third-order valence-electron chi connectivity index (χ3n) is 3.78. The summed E-state index contributed by atoms with van der Waals surface area (Å²) in [6.07, 6.45) is 4.06. The van der Waals surface area contributed by atoms with E-state index >= 15 is 0 Å². The van der Waals surface area contributed by atoms with Gasteiger partial charge in [-0.2, -0.15) is 22.5 Å². The minimum Gasteiger partial charge on any atom is -0.285 e. The number of hydrogen-bond acceptors (Lipinski definition) is 3. The molecule has 0 aliphatic carbocycles. The Morgan fingerprint density at radius 2 is 2.10 bits per heavy atom. The van der Waals surface area contributed by atoms with E-state index in [1.807, 2.05) is 18.2 Å². The molecular formula is C14H18N4O2S. The molecule has 7 heteroatoms. The summed E-state index contributed by atoms with van der Waals surface area (Å²) >= 11 is 0. The quantitative estimate of drug-likeness (QED) is 0.895. The summed E-state index contributed by atoms with van der Waals surface area (Å²) in [5.41, 5.74) is 3.12. The molecule has 3 rings (SSSR count). The summed E-state index contributed by atoms with van der Waals surface area (Å²) in [5, 5.41) is 6.53. The highest BCUT2D eigenvalue weighted by Crippen LogP contribution is 2.21. The van der Waals surface area contributed by atoms with E-state index in [0.29, 0.717) is 13.1 Å². The molecule has 112 valence electrons. The summed E-state index contributed by atoms with van der Waals surface area (Å²) in [4.78, 5) is 0. The molecule has 6 nitrogen and oxygen atoms in total. The third-order valence-corrected chi connectivity index (χ3v) is 5.42. The van der Waals surface area contributed by atoms with Gasteiger partial charge in [-0.15, -0.1) is 0 Å². The zero-order chi connectivity index (χ0) is 14.9. The molecule has 0 amide bonds. The molecule has 1 aliphatic heterocycles. The molecule has 2 aromatic rings. The van der Waals surface area contributed by atoms with Crippen molar-refractivity contribution in [1.82, 2.24) is 19.2 Å². The van der Waals surface area contributed by atoms with Gasteiger partial charge in [0.1, 0.15) is 0 Å². The second-order valence-corrected chi connectivity index (χ2v) is 6.93. The summed E-state index contributed by atoms with van der Waals surface area (Å²) < 4.78 is 29.2. The predicted octanol–water partition coefficient (Wildman–Crippen LogP) is 1.36. The van der Waals surface area contributed by atoms with Crippen LogP contribution < -0.4 is 4.72 Å². The van der Waals surface area contributed by atoms with Gasteiger partial charge in [0.2, 0.25) is 0 Å². The van der Waals surface area contributed by atoms with E-state index in [9.17, 15) is 8.42 Å². The number of benzene rings is 1. The van der Waals surface area contributed by atoms with Crippen molar-refractivity contribution in [1.29, 1.82) is 0 Å². The van der Waals surface area contributed by atoms with Crippen LogP contribution in [0, 0.1) is 0 Å². The van der Waals surface area contributed by atoms with Crippen molar-refractivity contribution >= 4 is 10.2 Å². The molecule has 0 bridgehead atoms. The molecule has 0 spiro atoms. The van der Waals surface area contributed by atoms with Crippen LogP contribution in [-0.2, 0) is 23.2 Å². The average Bonchev–Trinajstić information content (AvgIpc) is 3.00. The Kier molecular flexibility index (Phi) is 3.79. The van der Waals surface area contributed by atoms with E-state index in [0.717, 1.165) is 17.5 Å². The number of hydrogen-bond donors (Lipinski definition) is 2. The van der Waals surface area contributed by atoms with Crippen molar-refractivity contribution < 1.29 is 8.42 Å². The van der Waals surface area contributed by atoms with E-state index in [2.05, 4.69) is 21.0 Å². The maximum atomic E-state index is 12.5. The number of nitrogens with one attached hydrogen (secondary N) is 2. The van der Waals surface area contributed by atoms with Crippen LogP contribution >= 0.6 is 0 Å². The van der Waals surface area contributed by atoms with Crippen LogP contribution in [0.2, 0.25) is 0 Å². The normalized spacial score (nSPS) is 17.4. The average molecular weight is 306 g/mol.